The molecular weight excluding hydrogens is 368 g/mol. The number of carbonyl (C=O) groups is 2. The molecule has 1 aliphatic heterocycles. The standard InChI is InChI=1S/C22H20N4O3/c1-13-8-9-16(10-14(13)2)24-21(27)17-12-23-26-19(15-6-4-3-5-7-15)11-18(22(28)29)25-20(17)26/h3-12,19,25H,1-2H3,(H,24,27)(H,28,29)/t19-/m0/s1. The van der Waals surface area contributed by atoms with Crippen LogP contribution in [0, 0.1) is 13.8 Å². The topological polar surface area (TPSA) is 96.3 Å². The third kappa shape index (κ3) is 3.50. The van der Waals surface area contributed by atoms with Gasteiger partial charge in [-0.2, -0.15) is 5.10 Å². The van der Waals surface area contributed by atoms with Gasteiger partial charge >= 0.3 is 5.97 Å². The minimum absolute atomic E-state index is 0.00656. The fourth-order valence-electron chi connectivity index (χ4n) is 3.29. The Morgan fingerprint density at radius 2 is 1.86 bits per heavy atom. The van der Waals surface area contributed by atoms with Crippen molar-refractivity contribution in [3.8, 4) is 0 Å². The molecule has 0 saturated heterocycles. The molecule has 3 aromatic rings. The number of fused-ring (bicyclic) bond motifs is 1. The van der Waals surface area contributed by atoms with E-state index in [-0.39, 0.29) is 17.2 Å². The first kappa shape index (κ1) is 18.5. The first-order chi connectivity index (χ1) is 13.9. The average Bonchev–Trinajstić information content (AvgIpc) is 3.15. The van der Waals surface area contributed by atoms with E-state index in [1.165, 1.54) is 6.20 Å². The van der Waals surface area contributed by atoms with Crippen LogP contribution in [0.4, 0.5) is 11.5 Å². The van der Waals surface area contributed by atoms with Gasteiger partial charge in [0.05, 0.1) is 12.2 Å². The molecule has 1 amide bonds. The van der Waals surface area contributed by atoms with Crippen LogP contribution in [0.25, 0.3) is 0 Å². The summed E-state index contributed by atoms with van der Waals surface area (Å²) in [5.74, 6) is -1.11. The number of anilines is 2. The normalized spacial score (nSPS) is 15.1. The van der Waals surface area contributed by atoms with Crippen molar-refractivity contribution in [1.29, 1.82) is 0 Å². The molecule has 0 saturated carbocycles. The maximum Gasteiger partial charge on any atom is 0.352 e. The van der Waals surface area contributed by atoms with Crippen molar-refractivity contribution in [2.75, 3.05) is 10.6 Å². The Morgan fingerprint density at radius 1 is 1.10 bits per heavy atom. The number of benzene rings is 2. The van der Waals surface area contributed by atoms with Crippen LogP contribution in [-0.2, 0) is 4.79 Å². The number of hydrogen-bond acceptors (Lipinski definition) is 4. The molecule has 0 spiro atoms. The minimum Gasteiger partial charge on any atom is -0.477 e. The van der Waals surface area contributed by atoms with Crippen molar-refractivity contribution in [2.45, 2.75) is 19.9 Å². The molecule has 2 heterocycles. The van der Waals surface area contributed by atoms with Gasteiger partial charge in [-0.15, -0.1) is 0 Å². The van der Waals surface area contributed by atoms with Crippen LogP contribution in [0.2, 0.25) is 0 Å². The molecule has 29 heavy (non-hydrogen) atoms. The van der Waals surface area contributed by atoms with Crippen molar-refractivity contribution in [1.82, 2.24) is 9.78 Å². The molecule has 1 aromatic heterocycles. The summed E-state index contributed by atoms with van der Waals surface area (Å²) in [7, 11) is 0. The Labute approximate surface area is 167 Å². The maximum absolute atomic E-state index is 12.9. The number of hydrogen-bond donors (Lipinski definition) is 3. The second-order valence-electron chi connectivity index (χ2n) is 6.97. The van der Waals surface area contributed by atoms with Gasteiger partial charge in [-0.3, -0.25) is 4.79 Å². The zero-order chi connectivity index (χ0) is 20.5. The van der Waals surface area contributed by atoms with E-state index in [4.69, 9.17) is 0 Å². The monoisotopic (exact) mass is 388 g/mol. The molecule has 0 radical (unpaired) electrons. The van der Waals surface area contributed by atoms with Gasteiger partial charge in [0.2, 0.25) is 0 Å². The van der Waals surface area contributed by atoms with Gasteiger partial charge in [0, 0.05) is 5.69 Å². The molecular formula is C22H20N4O3. The molecule has 0 aliphatic carbocycles. The van der Waals surface area contributed by atoms with Crippen LogP contribution in [0.1, 0.15) is 33.1 Å². The van der Waals surface area contributed by atoms with Gasteiger partial charge < -0.3 is 15.7 Å². The Kier molecular flexibility index (Phi) is 4.64. The van der Waals surface area contributed by atoms with E-state index >= 15 is 0 Å². The summed E-state index contributed by atoms with van der Waals surface area (Å²) in [5.41, 5.74) is 4.02. The van der Waals surface area contributed by atoms with Crippen LogP contribution in [0.15, 0.2) is 66.5 Å². The average molecular weight is 388 g/mol. The van der Waals surface area contributed by atoms with Crippen LogP contribution >= 0.6 is 0 Å². The molecule has 146 valence electrons. The summed E-state index contributed by atoms with van der Waals surface area (Å²) in [6.45, 7) is 3.98. The Bertz CT molecular complexity index is 1130. The van der Waals surface area contributed by atoms with Crippen LogP contribution < -0.4 is 10.6 Å². The lowest BCUT2D eigenvalue weighted by Gasteiger charge is -2.24. The number of rotatable bonds is 4. The number of carboxylic acids is 1. The SMILES string of the molecule is Cc1ccc(NC(=O)c2cnn3c2NC(C(=O)O)=C[C@H]3c2ccccc2)cc1C. The quantitative estimate of drug-likeness (QED) is 0.633. The highest BCUT2D eigenvalue weighted by molar-refractivity contribution is 6.08. The number of carboxylic acid groups (broad SMARTS) is 1. The zero-order valence-electron chi connectivity index (χ0n) is 16.0. The molecule has 7 nitrogen and oxygen atoms in total. The number of aromatic nitrogens is 2. The minimum atomic E-state index is -1.10. The van der Waals surface area contributed by atoms with Gasteiger partial charge in [0.15, 0.2) is 0 Å². The Hall–Kier alpha value is -3.87. The number of amides is 1. The van der Waals surface area contributed by atoms with Gasteiger partial charge in [0.1, 0.15) is 17.1 Å². The molecule has 1 atom stereocenters. The molecule has 0 fully saturated rings. The second kappa shape index (κ2) is 7.27. The molecule has 1 aliphatic rings. The summed E-state index contributed by atoms with van der Waals surface area (Å²) in [6.07, 6.45) is 3.04. The highest BCUT2D eigenvalue weighted by atomic mass is 16.4. The summed E-state index contributed by atoms with van der Waals surface area (Å²) in [5, 5.41) is 19.6. The molecule has 4 rings (SSSR count). The molecule has 2 aromatic carbocycles. The van der Waals surface area contributed by atoms with Crippen LogP contribution in [0.3, 0.4) is 0 Å². The predicted molar refractivity (Wildman–Crippen MR) is 110 cm³/mol. The van der Waals surface area contributed by atoms with Crippen molar-refractivity contribution in [3.63, 3.8) is 0 Å². The first-order valence-electron chi connectivity index (χ1n) is 9.17. The summed E-state index contributed by atoms with van der Waals surface area (Å²) in [6, 6.07) is 14.7. The summed E-state index contributed by atoms with van der Waals surface area (Å²) >= 11 is 0. The number of nitrogens with one attached hydrogen (secondary N) is 2. The maximum atomic E-state index is 12.9. The first-order valence-corrected chi connectivity index (χ1v) is 9.17. The fraction of sp³-hybridized carbons (Fsp3) is 0.136. The number of aryl methyl sites for hydroxylation is 2. The van der Waals surface area contributed by atoms with E-state index in [2.05, 4.69) is 15.7 Å². The van der Waals surface area contributed by atoms with Crippen molar-refractivity contribution >= 4 is 23.4 Å². The number of carbonyl (C=O) groups excluding carboxylic acids is 1. The Morgan fingerprint density at radius 3 is 2.55 bits per heavy atom. The van der Waals surface area contributed by atoms with Gasteiger partial charge in [-0.1, -0.05) is 36.4 Å². The lowest BCUT2D eigenvalue weighted by atomic mass is 10.0. The van der Waals surface area contributed by atoms with Crippen molar-refractivity contribution < 1.29 is 14.7 Å². The van der Waals surface area contributed by atoms with E-state index in [1.54, 1.807) is 10.8 Å². The van der Waals surface area contributed by atoms with Crippen molar-refractivity contribution in [3.05, 3.63) is 88.8 Å². The smallest absolute Gasteiger partial charge is 0.352 e. The van der Waals surface area contributed by atoms with Crippen LogP contribution in [-0.4, -0.2) is 26.8 Å². The van der Waals surface area contributed by atoms with Crippen molar-refractivity contribution in [2.24, 2.45) is 0 Å². The predicted octanol–water partition coefficient (Wildman–Crippen LogP) is 3.74. The van der Waals surface area contributed by atoms with Crippen LogP contribution in [0.5, 0.6) is 0 Å². The lowest BCUT2D eigenvalue weighted by Crippen LogP contribution is -2.25. The lowest BCUT2D eigenvalue weighted by molar-refractivity contribution is -0.132. The molecule has 0 bridgehead atoms. The van der Waals surface area contributed by atoms with Gasteiger partial charge in [-0.25, -0.2) is 9.48 Å². The highest BCUT2D eigenvalue weighted by Crippen LogP contribution is 2.32. The van der Waals surface area contributed by atoms with Gasteiger partial charge in [-0.05, 0) is 48.7 Å². The van der Waals surface area contributed by atoms with E-state index in [1.807, 2.05) is 62.4 Å². The number of nitrogens with zero attached hydrogens (tertiary/aromatic N) is 2. The number of allylic oxidation sites excluding steroid dienone is 1. The van der Waals surface area contributed by atoms with E-state index in [0.717, 1.165) is 16.7 Å². The zero-order valence-corrected chi connectivity index (χ0v) is 16.0. The third-order valence-electron chi connectivity index (χ3n) is 5.02. The van der Waals surface area contributed by atoms with E-state index in [0.29, 0.717) is 11.5 Å². The van der Waals surface area contributed by atoms with Gasteiger partial charge in [0.25, 0.3) is 5.91 Å². The molecule has 3 N–H and O–H groups in total. The number of aliphatic carboxylic acids is 1. The fourth-order valence-corrected chi connectivity index (χ4v) is 3.29. The molecule has 0 unspecified atom stereocenters. The highest BCUT2D eigenvalue weighted by Gasteiger charge is 2.29. The second-order valence-corrected chi connectivity index (χ2v) is 6.97. The summed E-state index contributed by atoms with van der Waals surface area (Å²) < 4.78 is 1.62. The largest absolute Gasteiger partial charge is 0.477 e. The van der Waals surface area contributed by atoms with E-state index in [9.17, 15) is 14.7 Å². The Balaban J connectivity index is 1.70. The molecule has 7 heteroatoms. The van der Waals surface area contributed by atoms with E-state index < -0.39 is 12.0 Å². The third-order valence-corrected chi connectivity index (χ3v) is 5.02. The summed E-state index contributed by atoms with van der Waals surface area (Å²) in [4.78, 5) is 24.5.